The maximum absolute atomic E-state index is 14.1. The molecule has 1 aromatic heterocycles. The lowest BCUT2D eigenvalue weighted by atomic mass is 10.0. The predicted octanol–water partition coefficient (Wildman–Crippen LogP) is 6.86. The van der Waals surface area contributed by atoms with Crippen molar-refractivity contribution in [2.45, 2.75) is 36.6 Å². The number of benzene rings is 3. The van der Waals surface area contributed by atoms with Gasteiger partial charge in [-0.25, -0.2) is 26.9 Å². The molecule has 3 atom stereocenters. The molecule has 218 valence electrons. The predicted molar refractivity (Wildman–Crippen MR) is 144 cm³/mol. The summed E-state index contributed by atoms with van der Waals surface area (Å²) in [5.74, 6) is -12.1. The van der Waals surface area contributed by atoms with Gasteiger partial charge in [0.05, 0.1) is 23.8 Å². The van der Waals surface area contributed by atoms with Gasteiger partial charge < -0.3 is 19.9 Å². The largest absolute Gasteiger partial charge is 0.392 e. The molecule has 4 aromatic rings. The molecule has 3 aromatic carbocycles. The van der Waals surface area contributed by atoms with Gasteiger partial charge in [0.2, 0.25) is 5.82 Å². The van der Waals surface area contributed by atoms with Crippen molar-refractivity contribution in [1.82, 2.24) is 4.98 Å². The third kappa shape index (κ3) is 6.46. The molecule has 1 aliphatic rings. The highest BCUT2D eigenvalue weighted by Crippen LogP contribution is 2.39. The summed E-state index contributed by atoms with van der Waals surface area (Å²) in [6.07, 6.45) is 0.834. The van der Waals surface area contributed by atoms with Gasteiger partial charge in [-0.2, -0.15) is 0 Å². The van der Waals surface area contributed by atoms with Crippen molar-refractivity contribution in [3.8, 4) is 0 Å². The van der Waals surface area contributed by atoms with Gasteiger partial charge in [-0.3, -0.25) is 4.79 Å². The number of anilines is 1. The van der Waals surface area contributed by atoms with Crippen LogP contribution in [0.1, 0.15) is 45.9 Å². The molecule has 1 saturated heterocycles. The van der Waals surface area contributed by atoms with Crippen molar-refractivity contribution in [2.75, 3.05) is 11.1 Å². The third-order valence-corrected chi connectivity index (χ3v) is 7.62. The highest BCUT2D eigenvalue weighted by atomic mass is 32.2. The Morgan fingerprint density at radius 1 is 0.857 bits per heavy atom. The Balaban J connectivity index is 1.33. The second-order valence-electron chi connectivity index (χ2n) is 9.35. The zero-order valence-electron chi connectivity index (χ0n) is 21.7. The van der Waals surface area contributed by atoms with Gasteiger partial charge in [0.25, 0.3) is 5.91 Å². The first-order chi connectivity index (χ1) is 20.2. The minimum atomic E-state index is -2.35. The Bertz CT molecular complexity index is 1530. The fraction of sp³-hybridized carbons (Fsp3) is 0.200. The molecule has 0 saturated carbocycles. The van der Waals surface area contributed by atoms with Gasteiger partial charge >= 0.3 is 0 Å². The topological polar surface area (TPSA) is 80.7 Å². The number of hydrogen-bond donors (Lipinski definition) is 2. The van der Waals surface area contributed by atoms with Gasteiger partial charge in [-0.1, -0.05) is 42.5 Å². The zero-order valence-corrected chi connectivity index (χ0v) is 22.5. The molecular formula is C30H23F5N2O4S. The maximum atomic E-state index is 14.1. The molecular weight excluding hydrogens is 579 g/mol. The van der Waals surface area contributed by atoms with Crippen LogP contribution >= 0.6 is 11.8 Å². The van der Waals surface area contributed by atoms with Crippen LogP contribution < -0.4 is 5.32 Å². The number of carbonyl (C=O) groups is 1. The molecule has 0 radical (unpaired) electrons. The summed E-state index contributed by atoms with van der Waals surface area (Å²) in [4.78, 5) is 16.7. The van der Waals surface area contributed by atoms with Crippen molar-refractivity contribution in [2.24, 2.45) is 0 Å². The highest BCUT2D eigenvalue weighted by Gasteiger charge is 2.33. The number of rotatable bonds is 8. The summed E-state index contributed by atoms with van der Waals surface area (Å²) >= 11 is 1.53. The third-order valence-electron chi connectivity index (χ3n) is 6.55. The van der Waals surface area contributed by atoms with E-state index < -0.39 is 46.8 Å². The lowest BCUT2D eigenvalue weighted by molar-refractivity contribution is -0.245. The van der Waals surface area contributed by atoms with E-state index in [1.165, 1.54) is 23.9 Å². The number of aliphatic hydroxyl groups excluding tert-OH is 1. The summed E-state index contributed by atoms with van der Waals surface area (Å²) in [7, 11) is 0. The Morgan fingerprint density at radius 2 is 1.50 bits per heavy atom. The second kappa shape index (κ2) is 13.0. The lowest BCUT2D eigenvalue weighted by Crippen LogP contribution is -2.31. The molecule has 42 heavy (non-hydrogen) atoms. The number of halogens is 5. The van der Waals surface area contributed by atoms with E-state index in [1.54, 1.807) is 18.3 Å². The summed E-state index contributed by atoms with van der Waals surface area (Å²) in [6, 6.07) is 18.9. The van der Waals surface area contributed by atoms with E-state index in [2.05, 4.69) is 10.3 Å². The fourth-order valence-electron chi connectivity index (χ4n) is 4.35. The number of pyridine rings is 1. The zero-order chi connectivity index (χ0) is 29.8. The van der Waals surface area contributed by atoms with Crippen LogP contribution in [0.5, 0.6) is 0 Å². The van der Waals surface area contributed by atoms with E-state index in [0.717, 1.165) is 16.2 Å². The van der Waals surface area contributed by atoms with Crippen LogP contribution in [0.3, 0.4) is 0 Å². The van der Waals surface area contributed by atoms with Gasteiger partial charge in [-0.05, 0) is 35.4 Å². The van der Waals surface area contributed by atoms with E-state index in [9.17, 15) is 31.9 Å². The first-order valence-corrected chi connectivity index (χ1v) is 13.7. The average molecular weight is 603 g/mol. The number of aliphatic hydroxyl groups is 1. The number of carbonyl (C=O) groups excluding carboxylic acids is 1. The first-order valence-electron chi connectivity index (χ1n) is 12.7. The molecule has 6 nitrogen and oxygen atoms in total. The van der Waals surface area contributed by atoms with Crippen molar-refractivity contribution in [1.29, 1.82) is 0 Å². The second-order valence-corrected chi connectivity index (χ2v) is 10.4. The van der Waals surface area contributed by atoms with Crippen LogP contribution in [-0.4, -0.2) is 27.9 Å². The van der Waals surface area contributed by atoms with Gasteiger partial charge in [0.15, 0.2) is 29.6 Å². The molecule has 5 rings (SSSR count). The maximum Gasteiger partial charge on any atom is 0.261 e. The Morgan fingerprint density at radius 3 is 2.12 bits per heavy atom. The van der Waals surface area contributed by atoms with Crippen LogP contribution in [-0.2, 0) is 16.1 Å². The molecule has 1 amide bonds. The quantitative estimate of drug-likeness (QED) is 0.0993. The van der Waals surface area contributed by atoms with E-state index in [0.29, 0.717) is 17.7 Å². The van der Waals surface area contributed by atoms with Crippen molar-refractivity contribution in [3.63, 3.8) is 0 Å². The van der Waals surface area contributed by atoms with E-state index in [-0.39, 0.29) is 24.5 Å². The van der Waals surface area contributed by atoms with Crippen molar-refractivity contribution >= 4 is 23.4 Å². The Labute approximate surface area is 241 Å². The fourth-order valence-corrected chi connectivity index (χ4v) is 5.24. The molecule has 1 fully saturated rings. The summed E-state index contributed by atoms with van der Waals surface area (Å²) in [5, 5.41) is 12.4. The number of nitrogens with zero attached hydrogens (tertiary/aromatic N) is 1. The number of ether oxygens (including phenoxy) is 2. The van der Waals surface area contributed by atoms with Crippen molar-refractivity contribution < 1.29 is 41.3 Å². The van der Waals surface area contributed by atoms with Crippen molar-refractivity contribution in [3.05, 3.63) is 124 Å². The molecule has 0 unspecified atom stereocenters. The Kier molecular flexibility index (Phi) is 9.17. The van der Waals surface area contributed by atoms with Crippen LogP contribution in [0.25, 0.3) is 0 Å². The van der Waals surface area contributed by atoms with Gasteiger partial charge in [0, 0.05) is 29.6 Å². The van der Waals surface area contributed by atoms with Gasteiger partial charge in [-0.15, -0.1) is 11.8 Å². The summed E-state index contributed by atoms with van der Waals surface area (Å²) in [6.45, 7) is -0.0892. The number of hydrogen-bond acceptors (Lipinski definition) is 6. The normalized spacial score (nSPS) is 18.6. The molecule has 2 heterocycles. The van der Waals surface area contributed by atoms with Gasteiger partial charge in [0.1, 0.15) is 5.56 Å². The minimum Gasteiger partial charge on any atom is -0.392 e. The SMILES string of the molecule is O=C(Nc1ccc([C@@H]2O[C@H](CSc3ccccn3)C[C@H](c3ccc(CO)cc3)O2)cc1)c1c(F)c(F)c(F)c(F)c1F. The standard InChI is InChI=1S/C30H23F5N2O4S/c31-24-23(25(32)27(34)28(35)26(24)33)29(39)37-19-10-8-18(9-11-19)30-40-20(15-42-22-3-1-2-12-36-22)13-21(41-30)17-6-4-16(14-38)5-7-17/h1-12,20-21,30,38H,13-15H2,(H,37,39)/t20-,21+,30+/m0/s1. The molecule has 0 bridgehead atoms. The number of aromatic nitrogens is 1. The molecule has 12 heteroatoms. The van der Waals surface area contributed by atoms with Crippen LogP contribution in [0, 0.1) is 29.1 Å². The van der Waals surface area contributed by atoms with E-state index >= 15 is 0 Å². The average Bonchev–Trinajstić information content (AvgIpc) is 3.02. The minimum absolute atomic E-state index is 0.0434. The molecule has 0 spiro atoms. The number of thioether (sulfide) groups is 1. The van der Waals surface area contributed by atoms with Crippen LogP contribution in [0.15, 0.2) is 78.0 Å². The molecule has 0 aliphatic carbocycles. The van der Waals surface area contributed by atoms with Crippen LogP contribution in [0.4, 0.5) is 27.6 Å². The number of nitrogens with one attached hydrogen (secondary N) is 1. The lowest BCUT2D eigenvalue weighted by Gasteiger charge is -2.36. The van der Waals surface area contributed by atoms with E-state index in [4.69, 9.17) is 9.47 Å². The first kappa shape index (κ1) is 29.6. The number of amides is 1. The molecule has 1 aliphatic heterocycles. The molecule has 2 N–H and O–H groups in total. The highest BCUT2D eigenvalue weighted by molar-refractivity contribution is 7.99. The van der Waals surface area contributed by atoms with Crippen LogP contribution in [0.2, 0.25) is 0 Å². The monoisotopic (exact) mass is 602 g/mol. The summed E-state index contributed by atoms with van der Waals surface area (Å²) < 4.78 is 81.1. The Hall–Kier alpha value is -3.84. The van der Waals surface area contributed by atoms with E-state index in [1.807, 2.05) is 42.5 Å². The summed E-state index contributed by atoms with van der Waals surface area (Å²) in [5.41, 5.74) is 0.668. The smallest absolute Gasteiger partial charge is 0.261 e.